The standard InChI is InChI=1S/C20H20N2O2/c23-19(21-17-10-11-17)15-6-3-7-16(13-15)20(24)22-12-4-8-14-5-1-2-9-18(14)22/h1-3,5-7,9,13,17H,4,8,10-12H2,(H,21,23). The molecule has 0 atom stereocenters. The Morgan fingerprint density at radius 1 is 1.00 bits per heavy atom. The fraction of sp³-hybridized carbons (Fsp3) is 0.300. The van der Waals surface area contributed by atoms with E-state index in [4.69, 9.17) is 0 Å². The summed E-state index contributed by atoms with van der Waals surface area (Å²) in [6.45, 7) is 0.717. The number of nitrogens with one attached hydrogen (secondary N) is 1. The van der Waals surface area contributed by atoms with Gasteiger partial charge in [0.1, 0.15) is 0 Å². The summed E-state index contributed by atoms with van der Waals surface area (Å²) < 4.78 is 0. The van der Waals surface area contributed by atoms with Gasteiger partial charge in [0, 0.05) is 29.4 Å². The zero-order valence-electron chi connectivity index (χ0n) is 13.5. The number of rotatable bonds is 3. The summed E-state index contributed by atoms with van der Waals surface area (Å²) in [6, 6.07) is 15.4. The second-order valence-electron chi connectivity index (χ2n) is 6.52. The van der Waals surface area contributed by atoms with E-state index in [1.807, 2.05) is 23.1 Å². The Balaban J connectivity index is 1.60. The number of amides is 2. The molecule has 4 heteroatoms. The molecular formula is C20H20N2O2. The van der Waals surface area contributed by atoms with Crippen LogP contribution < -0.4 is 10.2 Å². The number of fused-ring (bicyclic) bond motifs is 1. The Morgan fingerprint density at radius 2 is 1.79 bits per heavy atom. The Bertz CT molecular complexity index is 796. The molecule has 1 N–H and O–H groups in total. The van der Waals surface area contributed by atoms with Crippen LogP contribution in [-0.2, 0) is 6.42 Å². The molecule has 24 heavy (non-hydrogen) atoms. The number of carbonyl (C=O) groups is 2. The van der Waals surface area contributed by atoms with E-state index in [-0.39, 0.29) is 11.8 Å². The van der Waals surface area contributed by atoms with Gasteiger partial charge in [-0.3, -0.25) is 9.59 Å². The van der Waals surface area contributed by atoms with Gasteiger partial charge in [-0.2, -0.15) is 0 Å². The van der Waals surface area contributed by atoms with Crippen molar-refractivity contribution in [3.8, 4) is 0 Å². The van der Waals surface area contributed by atoms with Crippen LogP contribution in [0.5, 0.6) is 0 Å². The first kappa shape index (κ1) is 14.9. The smallest absolute Gasteiger partial charge is 0.258 e. The Morgan fingerprint density at radius 3 is 2.62 bits per heavy atom. The van der Waals surface area contributed by atoms with Gasteiger partial charge in [-0.1, -0.05) is 24.3 Å². The van der Waals surface area contributed by atoms with Gasteiger partial charge in [-0.05, 0) is 55.5 Å². The normalized spacial score (nSPS) is 16.4. The average molecular weight is 320 g/mol. The molecule has 4 nitrogen and oxygen atoms in total. The largest absolute Gasteiger partial charge is 0.349 e. The topological polar surface area (TPSA) is 49.4 Å². The Kier molecular flexibility index (Phi) is 3.81. The van der Waals surface area contributed by atoms with Crippen molar-refractivity contribution in [2.24, 2.45) is 0 Å². The fourth-order valence-electron chi connectivity index (χ4n) is 3.19. The number of benzene rings is 2. The summed E-state index contributed by atoms with van der Waals surface area (Å²) in [5.41, 5.74) is 3.31. The van der Waals surface area contributed by atoms with Crippen molar-refractivity contribution in [2.45, 2.75) is 31.7 Å². The van der Waals surface area contributed by atoms with Crippen molar-refractivity contribution in [2.75, 3.05) is 11.4 Å². The second kappa shape index (κ2) is 6.11. The molecule has 2 aliphatic rings. The van der Waals surface area contributed by atoms with Gasteiger partial charge in [0.25, 0.3) is 11.8 Å². The quantitative estimate of drug-likeness (QED) is 0.944. The van der Waals surface area contributed by atoms with Gasteiger partial charge >= 0.3 is 0 Å². The third-order valence-corrected chi connectivity index (χ3v) is 4.64. The molecule has 2 aromatic carbocycles. The molecule has 1 aliphatic heterocycles. The number of aryl methyl sites for hydroxylation is 1. The molecule has 0 unspecified atom stereocenters. The number of hydrogen-bond donors (Lipinski definition) is 1. The van der Waals surface area contributed by atoms with E-state index >= 15 is 0 Å². The average Bonchev–Trinajstić information content (AvgIpc) is 3.44. The lowest BCUT2D eigenvalue weighted by atomic mass is 10.0. The molecule has 2 aromatic rings. The van der Waals surface area contributed by atoms with Crippen LogP contribution in [0.1, 0.15) is 45.5 Å². The molecule has 1 heterocycles. The van der Waals surface area contributed by atoms with Crippen molar-refractivity contribution >= 4 is 17.5 Å². The maximum absolute atomic E-state index is 13.0. The molecule has 0 aromatic heterocycles. The third-order valence-electron chi connectivity index (χ3n) is 4.64. The summed E-state index contributed by atoms with van der Waals surface area (Å²) in [5.74, 6) is -0.130. The number of anilines is 1. The van der Waals surface area contributed by atoms with Gasteiger partial charge in [0.15, 0.2) is 0 Å². The van der Waals surface area contributed by atoms with E-state index in [0.717, 1.165) is 31.4 Å². The predicted molar refractivity (Wildman–Crippen MR) is 93.4 cm³/mol. The lowest BCUT2D eigenvalue weighted by molar-refractivity contribution is 0.0951. The minimum Gasteiger partial charge on any atom is -0.349 e. The number of nitrogens with zero attached hydrogens (tertiary/aromatic N) is 1. The predicted octanol–water partition coefficient (Wildman–Crippen LogP) is 3.17. The van der Waals surface area contributed by atoms with Crippen molar-refractivity contribution in [3.05, 3.63) is 65.2 Å². The number of carbonyl (C=O) groups excluding carboxylic acids is 2. The zero-order chi connectivity index (χ0) is 16.5. The van der Waals surface area contributed by atoms with Crippen molar-refractivity contribution in [3.63, 3.8) is 0 Å². The molecule has 122 valence electrons. The molecule has 1 saturated carbocycles. The van der Waals surface area contributed by atoms with Crippen LogP contribution in [0, 0.1) is 0 Å². The minimum atomic E-state index is -0.0915. The molecule has 4 rings (SSSR count). The summed E-state index contributed by atoms with van der Waals surface area (Å²) in [4.78, 5) is 27.0. The van der Waals surface area contributed by atoms with Gasteiger partial charge < -0.3 is 10.2 Å². The SMILES string of the molecule is O=C(NC1CC1)c1cccc(C(=O)N2CCCc3ccccc32)c1. The molecule has 2 amide bonds. The van der Waals surface area contributed by atoms with Crippen LogP contribution >= 0.6 is 0 Å². The highest BCUT2D eigenvalue weighted by Crippen LogP contribution is 2.28. The highest BCUT2D eigenvalue weighted by Gasteiger charge is 2.26. The highest BCUT2D eigenvalue weighted by atomic mass is 16.2. The first-order valence-corrected chi connectivity index (χ1v) is 8.53. The van der Waals surface area contributed by atoms with Crippen LogP contribution in [0.3, 0.4) is 0 Å². The van der Waals surface area contributed by atoms with E-state index in [9.17, 15) is 9.59 Å². The van der Waals surface area contributed by atoms with Crippen molar-refractivity contribution in [1.29, 1.82) is 0 Å². The molecular weight excluding hydrogens is 300 g/mol. The maximum atomic E-state index is 13.0. The van der Waals surface area contributed by atoms with E-state index < -0.39 is 0 Å². The Hall–Kier alpha value is -2.62. The first-order valence-electron chi connectivity index (χ1n) is 8.53. The van der Waals surface area contributed by atoms with Gasteiger partial charge in [-0.15, -0.1) is 0 Å². The summed E-state index contributed by atoms with van der Waals surface area (Å²) in [5, 5.41) is 2.97. The van der Waals surface area contributed by atoms with Gasteiger partial charge in [-0.25, -0.2) is 0 Å². The number of hydrogen-bond acceptors (Lipinski definition) is 2. The van der Waals surface area contributed by atoms with E-state index in [1.54, 1.807) is 24.3 Å². The number of para-hydroxylation sites is 1. The summed E-state index contributed by atoms with van der Waals surface area (Å²) >= 11 is 0. The molecule has 0 saturated heterocycles. The molecule has 1 fully saturated rings. The van der Waals surface area contributed by atoms with E-state index in [2.05, 4.69) is 11.4 Å². The summed E-state index contributed by atoms with van der Waals surface area (Å²) in [7, 11) is 0. The van der Waals surface area contributed by atoms with Crippen LogP contribution in [0.4, 0.5) is 5.69 Å². The highest BCUT2D eigenvalue weighted by molar-refractivity contribution is 6.08. The molecule has 0 radical (unpaired) electrons. The van der Waals surface area contributed by atoms with Gasteiger partial charge in [0.05, 0.1) is 0 Å². The lowest BCUT2D eigenvalue weighted by Crippen LogP contribution is -2.35. The molecule has 1 aliphatic carbocycles. The summed E-state index contributed by atoms with van der Waals surface area (Å²) in [6.07, 6.45) is 4.07. The lowest BCUT2D eigenvalue weighted by Gasteiger charge is -2.29. The van der Waals surface area contributed by atoms with Crippen molar-refractivity contribution in [1.82, 2.24) is 5.32 Å². The first-order chi connectivity index (χ1) is 11.7. The monoisotopic (exact) mass is 320 g/mol. The van der Waals surface area contributed by atoms with Crippen LogP contribution in [-0.4, -0.2) is 24.4 Å². The molecule has 0 bridgehead atoms. The third kappa shape index (κ3) is 2.92. The van der Waals surface area contributed by atoms with E-state index in [0.29, 0.717) is 23.7 Å². The van der Waals surface area contributed by atoms with Crippen LogP contribution in [0.25, 0.3) is 0 Å². The van der Waals surface area contributed by atoms with Gasteiger partial charge in [0.2, 0.25) is 0 Å². The zero-order valence-corrected chi connectivity index (χ0v) is 13.5. The van der Waals surface area contributed by atoms with Crippen molar-refractivity contribution < 1.29 is 9.59 Å². The minimum absolute atomic E-state index is 0.0387. The maximum Gasteiger partial charge on any atom is 0.258 e. The van der Waals surface area contributed by atoms with Crippen LogP contribution in [0.2, 0.25) is 0 Å². The van der Waals surface area contributed by atoms with Crippen LogP contribution in [0.15, 0.2) is 48.5 Å². The second-order valence-corrected chi connectivity index (χ2v) is 6.52. The van der Waals surface area contributed by atoms with E-state index in [1.165, 1.54) is 5.56 Å². The molecule has 0 spiro atoms. The Labute approximate surface area is 141 Å². The fourth-order valence-corrected chi connectivity index (χ4v) is 3.19.